The van der Waals surface area contributed by atoms with E-state index in [2.05, 4.69) is 82.3 Å². The van der Waals surface area contributed by atoms with E-state index in [0.29, 0.717) is 6.42 Å². The normalized spacial score (nSPS) is 12.2. The van der Waals surface area contributed by atoms with Gasteiger partial charge in [0.05, 0.1) is 12.0 Å². The Morgan fingerprint density at radius 2 is 1.21 bits per heavy atom. The molecule has 1 unspecified atom stereocenters. The Bertz CT molecular complexity index is 918. The first kappa shape index (κ1) is 21.5. The molecule has 4 aromatic rings. The van der Waals surface area contributed by atoms with Gasteiger partial charge in [-0.05, 0) is 23.1 Å². The maximum atomic E-state index is 11.7. The van der Waals surface area contributed by atoms with Crippen molar-refractivity contribution in [3.05, 3.63) is 126 Å². The van der Waals surface area contributed by atoms with Crippen molar-refractivity contribution in [1.29, 1.82) is 0 Å². The van der Waals surface area contributed by atoms with Gasteiger partial charge in [-0.25, -0.2) is 4.98 Å². The van der Waals surface area contributed by atoms with Gasteiger partial charge in [0.15, 0.2) is 0 Å². The van der Waals surface area contributed by atoms with Gasteiger partial charge in [0.25, 0.3) is 0 Å². The second kappa shape index (κ2) is 9.55. The number of aromatic nitrogens is 2. The van der Waals surface area contributed by atoms with Gasteiger partial charge in [0, 0.05) is 6.20 Å². The zero-order chi connectivity index (χ0) is 19.4. The van der Waals surface area contributed by atoms with E-state index in [1.165, 1.54) is 0 Å². The molecule has 0 radical (unpaired) electrons. The molecule has 0 saturated carbocycles. The summed E-state index contributed by atoms with van der Waals surface area (Å²) in [4.78, 5) is 4.56. The van der Waals surface area contributed by atoms with Crippen LogP contribution in [0.2, 0.25) is 0 Å². The number of hydrogen-bond donors (Lipinski definition) is 0. The molecule has 4 heteroatoms. The van der Waals surface area contributed by atoms with Crippen LogP contribution in [0.3, 0.4) is 0 Å². The molecule has 0 N–H and O–H groups in total. The summed E-state index contributed by atoms with van der Waals surface area (Å²) in [5.74, 6) is 0. The Morgan fingerprint density at radius 1 is 0.793 bits per heavy atom. The second-order valence-electron chi connectivity index (χ2n) is 7.10. The molecule has 0 aliphatic carbocycles. The van der Waals surface area contributed by atoms with Gasteiger partial charge in [0.1, 0.15) is 5.54 Å². The molecular formula is C25H23N2NaO. The van der Waals surface area contributed by atoms with Crippen molar-refractivity contribution in [2.75, 3.05) is 0 Å². The molecule has 0 bridgehead atoms. The monoisotopic (exact) mass is 390 g/mol. The molecule has 0 saturated heterocycles. The van der Waals surface area contributed by atoms with Crippen molar-refractivity contribution in [2.45, 2.75) is 25.0 Å². The molecule has 0 amide bonds. The minimum absolute atomic E-state index is 0. The molecule has 0 aliphatic rings. The maximum Gasteiger partial charge on any atom is 1.00 e. The van der Waals surface area contributed by atoms with E-state index in [1.54, 1.807) is 6.92 Å². The summed E-state index contributed by atoms with van der Waals surface area (Å²) in [7, 11) is 0. The van der Waals surface area contributed by atoms with Crippen molar-refractivity contribution in [3.8, 4) is 0 Å². The molecule has 1 atom stereocenters. The smallest absolute Gasteiger partial charge is 0.852 e. The van der Waals surface area contributed by atoms with Crippen molar-refractivity contribution in [3.63, 3.8) is 0 Å². The van der Waals surface area contributed by atoms with Gasteiger partial charge in [-0.2, -0.15) is 0 Å². The summed E-state index contributed by atoms with van der Waals surface area (Å²) in [6.45, 7) is 1.68. The maximum absolute atomic E-state index is 11.7. The number of hydrogen-bond acceptors (Lipinski definition) is 2. The van der Waals surface area contributed by atoms with Gasteiger partial charge in [-0.15, -0.1) is 6.10 Å². The fourth-order valence-electron chi connectivity index (χ4n) is 3.93. The van der Waals surface area contributed by atoms with Crippen LogP contribution >= 0.6 is 0 Å². The van der Waals surface area contributed by atoms with Gasteiger partial charge >= 0.3 is 29.6 Å². The SMILES string of the molecule is CC([O-])Cc1cn(C(c2ccccc2)(c2ccccc2)c2ccccc2)cn1.[Na+]. The van der Waals surface area contributed by atoms with Crippen LogP contribution in [0.25, 0.3) is 0 Å². The number of imidazole rings is 1. The number of benzene rings is 3. The van der Waals surface area contributed by atoms with Crippen LogP contribution in [0.1, 0.15) is 29.3 Å². The molecule has 0 spiro atoms. The molecule has 29 heavy (non-hydrogen) atoms. The van der Waals surface area contributed by atoms with Crippen LogP contribution in [0.4, 0.5) is 0 Å². The first-order chi connectivity index (χ1) is 13.7. The van der Waals surface area contributed by atoms with E-state index < -0.39 is 11.6 Å². The average molecular weight is 390 g/mol. The minimum Gasteiger partial charge on any atom is -0.852 e. The van der Waals surface area contributed by atoms with Gasteiger partial charge in [0.2, 0.25) is 0 Å². The molecule has 0 fully saturated rings. The summed E-state index contributed by atoms with van der Waals surface area (Å²) in [6, 6.07) is 31.4. The summed E-state index contributed by atoms with van der Waals surface area (Å²) in [5.41, 5.74) is 3.68. The van der Waals surface area contributed by atoms with E-state index in [0.717, 1.165) is 22.4 Å². The zero-order valence-electron chi connectivity index (χ0n) is 16.9. The van der Waals surface area contributed by atoms with Crippen molar-refractivity contribution < 1.29 is 34.7 Å². The van der Waals surface area contributed by atoms with Crippen LogP contribution < -0.4 is 34.7 Å². The Kier molecular flexibility index (Phi) is 7.09. The summed E-state index contributed by atoms with van der Waals surface area (Å²) < 4.78 is 2.14. The molecule has 1 aromatic heterocycles. The third-order valence-electron chi connectivity index (χ3n) is 5.09. The first-order valence-corrected chi connectivity index (χ1v) is 9.57. The standard InChI is InChI=1S/C25H23N2O.Na/c1-20(28)17-24-18-27(19-26-24)25(21-11-5-2-6-12-21,22-13-7-3-8-14-22)23-15-9-4-10-16-23;/h2-16,18-20H,17H2,1H3;/q-1;+1. The minimum atomic E-state index is -0.678. The van der Waals surface area contributed by atoms with Crippen molar-refractivity contribution >= 4 is 0 Å². The Hall–Kier alpha value is -2.17. The van der Waals surface area contributed by atoms with E-state index in [1.807, 2.05) is 30.7 Å². The molecule has 0 aliphatic heterocycles. The number of rotatable bonds is 6. The van der Waals surface area contributed by atoms with Gasteiger partial charge in [-0.1, -0.05) is 97.9 Å². The molecule has 1 heterocycles. The Balaban J connectivity index is 0.00000240. The molecule has 3 nitrogen and oxygen atoms in total. The van der Waals surface area contributed by atoms with Gasteiger partial charge in [-0.3, -0.25) is 0 Å². The van der Waals surface area contributed by atoms with E-state index in [4.69, 9.17) is 0 Å². The van der Waals surface area contributed by atoms with E-state index >= 15 is 0 Å². The van der Waals surface area contributed by atoms with E-state index in [-0.39, 0.29) is 29.6 Å². The third-order valence-corrected chi connectivity index (χ3v) is 5.09. The van der Waals surface area contributed by atoms with Crippen LogP contribution in [-0.4, -0.2) is 15.7 Å². The zero-order valence-corrected chi connectivity index (χ0v) is 18.9. The molecular weight excluding hydrogens is 367 g/mol. The molecule has 4 rings (SSSR count). The van der Waals surface area contributed by atoms with Crippen molar-refractivity contribution in [2.24, 2.45) is 0 Å². The fraction of sp³-hybridized carbons (Fsp3) is 0.160. The van der Waals surface area contributed by atoms with Crippen LogP contribution in [0, 0.1) is 0 Å². The summed E-state index contributed by atoms with van der Waals surface area (Å²) in [5, 5.41) is 11.7. The van der Waals surface area contributed by atoms with Crippen LogP contribution in [-0.2, 0) is 12.0 Å². The fourth-order valence-corrected chi connectivity index (χ4v) is 3.93. The van der Waals surface area contributed by atoms with Gasteiger partial charge < -0.3 is 9.67 Å². The predicted molar refractivity (Wildman–Crippen MR) is 110 cm³/mol. The summed E-state index contributed by atoms with van der Waals surface area (Å²) >= 11 is 0. The van der Waals surface area contributed by atoms with Crippen LogP contribution in [0.15, 0.2) is 104 Å². The predicted octanol–water partition coefficient (Wildman–Crippen LogP) is 1.02. The van der Waals surface area contributed by atoms with E-state index in [9.17, 15) is 5.11 Å². The average Bonchev–Trinajstić information content (AvgIpc) is 3.19. The number of nitrogens with zero attached hydrogens (tertiary/aromatic N) is 2. The third kappa shape index (κ3) is 4.24. The Morgan fingerprint density at radius 3 is 1.59 bits per heavy atom. The quantitative estimate of drug-likeness (QED) is 0.364. The largest absolute Gasteiger partial charge is 1.00 e. The first-order valence-electron chi connectivity index (χ1n) is 9.57. The Labute approximate surface area is 194 Å². The van der Waals surface area contributed by atoms with Crippen LogP contribution in [0.5, 0.6) is 0 Å². The topological polar surface area (TPSA) is 40.9 Å². The molecule has 3 aromatic carbocycles. The van der Waals surface area contributed by atoms with Crippen molar-refractivity contribution in [1.82, 2.24) is 9.55 Å². The molecule has 140 valence electrons. The summed E-state index contributed by atoms with van der Waals surface area (Å²) in [6.07, 6.45) is 3.61. The second-order valence-corrected chi connectivity index (χ2v) is 7.10.